The molecule has 0 unspecified atom stereocenters. The molecule has 0 aliphatic rings. The number of phenolic OH excluding ortho intramolecular Hbond substituents is 1. The van der Waals surface area contributed by atoms with Gasteiger partial charge in [0.1, 0.15) is 17.2 Å². The molecule has 0 aliphatic carbocycles. The third kappa shape index (κ3) is 4.88. The van der Waals surface area contributed by atoms with Crippen molar-refractivity contribution in [3.05, 3.63) is 96.3 Å². The Labute approximate surface area is 183 Å². The van der Waals surface area contributed by atoms with Crippen LogP contribution >= 0.6 is 0 Å². The number of nitrogens with two attached hydrogens (primary N) is 1. The topological polar surface area (TPSA) is 127 Å². The number of carbonyl (C=O) groups excluding carboxylic acids is 2. The van der Waals surface area contributed by atoms with Crippen LogP contribution in [0, 0.1) is 0 Å². The van der Waals surface area contributed by atoms with Crippen LogP contribution in [0.1, 0.15) is 20.7 Å². The standard InChI is InChI=1S/C24H18N4O4/c25-22(30)15-4-8-20(9-5-15)32-21-10-6-16(7-11-21)24(31)28-18-13-26-23(27-14-18)17-2-1-3-19(29)12-17/h1-14,29H,(H2,25,30)(H,28,31). The largest absolute Gasteiger partial charge is 0.508 e. The van der Waals surface area contributed by atoms with Gasteiger partial charge in [0.25, 0.3) is 5.91 Å². The van der Waals surface area contributed by atoms with Crippen molar-refractivity contribution in [1.82, 2.24) is 9.97 Å². The first-order valence-corrected chi connectivity index (χ1v) is 9.58. The van der Waals surface area contributed by atoms with E-state index in [1.807, 2.05) is 0 Å². The molecule has 0 saturated heterocycles. The fourth-order valence-corrected chi connectivity index (χ4v) is 2.89. The van der Waals surface area contributed by atoms with Gasteiger partial charge in [-0.2, -0.15) is 0 Å². The quantitative estimate of drug-likeness (QED) is 0.428. The fraction of sp³-hybridized carbons (Fsp3) is 0. The molecule has 0 saturated carbocycles. The van der Waals surface area contributed by atoms with Crippen LogP contribution in [0.25, 0.3) is 11.4 Å². The highest BCUT2D eigenvalue weighted by Gasteiger charge is 2.09. The molecule has 158 valence electrons. The van der Waals surface area contributed by atoms with Crippen molar-refractivity contribution >= 4 is 17.5 Å². The van der Waals surface area contributed by atoms with Crippen LogP contribution in [0.3, 0.4) is 0 Å². The van der Waals surface area contributed by atoms with Gasteiger partial charge in [0.05, 0.1) is 18.1 Å². The highest BCUT2D eigenvalue weighted by Crippen LogP contribution is 2.23. The first-order chi connectivity index (χ1) is 15.5. The Balaban J connectivity index is 1.39. The minimum Gasteiger partial charge on any atom is -0.508 e. The number of nitrogens with one attached hydrogen (secondary N) is 1. The van der Waals surface area contributed by atoms with Gasteiger partial charge in [-0.3, -0.25) is 9.59 Å². The van der Waals surface area contributed by atoms with Gasteiger partial charge < -0.3 is 20.9 Å². The molecule has 3 aromatic carbocycles. The van der Waals surface area contributed by atoms with E-state index in [1.165, 1.54) is 12.4 Å². The minimum atomic E-state index is -0.508. The molecule has 4 N–H and O–H groups in total. The molecule has 0 atom stereocenters. The van der Waals surface area contributed by atoms with Crippen molar-refractivity contribution in [2.75, 3.05) is 5.32 Å². The second-order valence-corrected chi connectivity index (χ2v) is 6.81. The van der Waals surface area contributed by atoms with Crippen LogP contribution < -0.4 is 15.8 Å². The van der Waals surface area contributed by atoms with Gasteiger partial charge in [-0.25, -0.2) is 9.97 Å². The molecule has 0 bridgehead atoms. The molecule has 8 nitrogen and oxygen atoms in total. The number of amides is 2. The van der Waals surface area contributed by atoms with Gasteiger partial charge >= 0.3 is 0 Å². The normalized spacial score (nSPS) is 10.4. The van der Waals surface area contributed by atoms with Gasteiger partial charge in [-0.1, -0.05) is 12.1 Å². The molecule has 0 fully saturated rings. The first kappa shape index (κ1) is 20.5. The Morgan fingerprint density at radius 3 is 2.00 bits per heavy atom. The van der Waals surface area contributed by atoms with E-state index in [2.05, 4.69) is 15.3 Å². The molecule has 0 spiro atoms. The number of primary amides is 1. The van der Waals surface area contributed by atoms with E-state index in [1.54, 1.807) is 72.8 Å². The summed E-state index contributed by atoms with van der Waals surface area (Å²) in [6, 6.07) is 19.6. The Hall–Kier alpha value is -4.72. The number of anilines is 1. The monoisotopic (exact) mass is 426 g/mol. The summed E-state index contributed by atoms with van der Waals surface area (Å²) in [6.45, 7) is 0. The van der Waals surface area contributed by atoms with E-state index >= 15 is 0 Å². The average Bonchev–Trinajstić information content (AvgIpc) is 2.80. The average molecular weight is 426 g/mol. The molecule has 0 aliphatic heterocycles. The number of nitrogens with zero attached hydrogens (tertiary/aromatic N) is 2. The second kappa shape index (κ2) is 8.97. The second-order valence-electron chi connectivity index (χ2n) is 6.81. The van der Waals surface area contributed by atoms with Crippen molar-refractivity contribution in [2.24, 2.45) is 5.73 Å². The molecule has 4 rings (SSSR count). The molecular formula is C24H18N4O4. The van der Waals surface area contributed by atoms with E-state index in [9.17, 15) is 14.7 Å². The van der Waals surface area contributed by atoms with Crippen molar-refractivity contribution in [2.45, 2.75) is 0 Å². The molecule has 1 aromatic heterocycles. The number of hydrogen-bond donors (Lipinski definition) is 3. The third-order valence-electron chi connectivity index (χ3n) is 4.51. The lowest BCUT2D eigenvalue weighted by Gasteiger charge is -2.08. The lowest BCUT2D eigenvalue weighted by Crippen LogP contribution is -2.12. The van der Waals surface area contributed by atoms with Crippen molar-refractivity contribution in [1.29, 1.82) is 0 Å². The molecule has 0 radical (unpaired) electrons. The summed E-state index contributed by atoms with van der Waals surface area (Å²) in [7, 11) is 0. The van der Waals surface area contributed by atoms with E-state index in [4.69, 9.17) is 10.5 Å². The van der Waals surface area contributed by atoms with Gasteiger partial charge in [0.15, 0.2) is 5.82 Å². The van der Waals surface area contributed by atoms with Crippen LogP contribution in [0.5, 0.6) is 17.2 Å². The minimum absolute atomic E-state index is 0.124. The lowest BCUT2D eigenvalue weighted by molar-refractivity contribution is 0.0997. The zero-order chi connectivity index (χ0) is 22.5. The van der Waals surface area contributed by atoms with E-state index in [0.29, 0.717) is 39.7 Å². The summed E-state index contributed by atoms with van der Waals surface area (Å²) in [5, 5.41) is 12.3. The van der Waals surface area contributed by atoms with Gasteiger partial charge in [-0.05, 0) is 60.7 Å². The number of benzene rings is 3. The number of phenols is 1. The summed E-state index contributed by atoms with van der Waals surface area (Å²) in [5.74, 6) is 0.800. The fourth-order valence-electron chi connectivity index (χ4n) is 2.89. The summed E-state index contributed by atoms with van der Waals surface area (Å²) in [5.41, 5.74) is 7.15. The maximum absolute atomic E-state index is 12.5. The number of aromatic hydroxyl groups is 1. The van der Waals surface area contributed by atoms with Crippen molar-refractivity contribution in [3.8, 4) is 28.6 Å². The predicted molar refractivity (Wildman–Crippen MR) is 119 cm³/mol. The van der Waals surface area contributed by atoms with Crippen LogP contribution in [-0.2, 0) is 0 Å². The Kier molecular flexibility index (Phi) is 5.76. The predicted octanol–water partition coefficient (Wildman–Crippen LogP) is 3.99. The van der Waals surface area contributed by atoms with Crippen molar-refractivity contribution < 1.29 is 19.4 Å². The SMILES string of the molecule is NC(=O)c1ccc(Oc2ccc(C(=O)Nc3cnc(-c4cccc(O)c4)nc3)cc2)cc1. The van der Waals surface area contributed by atoms with E-state index < -0.39 is 5.91 Å². The maximum atomic E-state index is 12.5. The lowest BCUT2D eigenvalue weighted by atomic mass is 10.2. The summed E-state index contributed by atoms with van der Waals surface area (Å²) in [4.78, 5) is 32.1. The molecule has 1 heterocycles. The highest BCUT2D eigenvalue weighted by atomic mass is 16.5. The zero-order valence-corrected chi connectivity index (χ0v) is 16.7. The smallest absolute Gasteiger partial charge is 0.255 e. The van der Waals surface area contributed by atoms with Gasteiger partial charge in [0.2, 0.25) is 5.91 Å². The summed E-state index contributed by atoms with van der Waals surface area (Å²) < 4.78 is 5.71. The Bertz CT molecular complexity index is 1250. The number of ether oxygens (including phenoxy) is 1. The summed E-state index contributed by atoms with van der Waals surface area (Å²) in [6.07, 6.45) is 3.00. The Morgan fingerprint density at radius 2 is 1.44 bits per heavy atom. The molecule has 2 amide bonds. The van der Waals surface area contributed by atoms with Crippen LogP contribution in [0.15, 0.2) is 85.2 Å². The number of carbonyl (C=O) groups is 2. The van der Waals surface area contributed by atoms with Gasteiger partial charge in [0, 0.05) is 16.7 Å². The number of aromatic nitrogens is 2. The first-order valence-electron chi connectivity index (χ1n) is 9.58. The van der Waals surface area contributed by atoms with E-state index in [0.717, 1.165) is 0 Å². The third-order valence-corrected chi connectivity index (χ3v) is 4.51. The zero-order valence-electron chi connectivity index (χ0n) is 16.7. The molecule has 4 aromatic rings. The van der Waals surface area contributed by atoms with Crippen LogP contribution in [0.2, 0.25) is 0 Å². The van der Waals surface area contributed by atoms with Gasteiger partial charge in [-0.15, -0.1) is 0 Å². The molecular weight excluding hydrogens is 408 g/mol. The maximum Gasteiger partial charge on any atom is 0.255 e. The number of hydrogen-bond acceptors (Lipinski definition) is 6. The molecule has 8 heteroatoms. The summed E-state index contributed by atoms with van der Waals surface area (Å²) >= 11 is 0. The molecule has 32 heavy (non-hydrogen) atoms. The number of rotatable bonds is 6. The van der Waals surface area contributed by atoms with Crippen molar-refractivity contribution in [3.63, 3.8) is 0 Å². The van der Waals surface area contributed by atoms with Crippen LogP contribution in [-0.4, -0.2) is 26.9 Å². The highest BCUT2D eigenvalue weighted by molar-refractivity contribution is 6.04. The Morgan fingerprint density at radius 1 is 0.844 bits per heavy atom. The van der Waals surface area contributed by atoms with E-state index in [-0.39, 0.29) is 11.7 Å². The van der Waals surface area contributed by atoms with Crippen LogP contribution in [0.4, 0.5) is 5.69 Å².